The van der Waals surface area contributed by atoms with Crippen LogP contribution in [0.4, 0.5) is 0 Å². The van der Waals surface area contributed by atoms with E-state index in [1.165, 1.54) is 10.4 Å². The van der Waals surface area contributed by atoms with Crippen molar-refractivity contribution in [1.82, 2.24) is 19.8 Å². The predicted octanol–water partition coefficient (Wildman–Crippen LogP) is 1.99. The normalized spacial score (nSPS) is 20.0. The van der Waals surface area contributed by atoms with Crippen molar-refractivity contribution >= 4 is 15.9 Å². The second kappa shape index (κ2) is 7.63. The standard InChI is InChI=1S/C17H24N4O4S/c1-3-12(2)19-17(22)13-5-4-10-21(11-13)26(23,24)16-7-6-15(25-16)14-8-9-18-20-14/h6-9,12-13H,3-5,10-11H2,1-2H3,(H,18,20)(H,19,22)/t12-,13-/m1/s1. The average Bonchev–Trinajstić information content (AvgIpc) is 3.33. The summed E-state index contributed by atoms with van der Waals surface area (Å²) in [4.78, 5) is 12.4. The number of carbonyl (C=O) groups is 1. The van der Waals surface area contributed by atoms with Gasteiger partial charge in [0.1, 0.15) is 5.69 Å². The first-order chi connectivity index (χ1) is 12.4. The number of nitrogens with one attached hydrogen (secondary N) is 2. The van der Waals surface area contributed by atoms with Gasteiger partial charge in [0, 0.05) is 25.3 Å². The maximum atomic E-state index is 12.9. The number of aromatic nitrogens is 2. The van der Waals surface area contributed by atoms with E-state index in [1.807, 2.05) is 13.8 Å². The molecule has 1 aliphatic heterocycles. The SMILES string of the molecule is CC[C@@H](C)NC(=O)[C@@H]1CCCN(S(=O)(=O)c2ccc(-c3ccn[nH]3)o2)C1. The highest BCUT2D eigenvalue weighted by Gasteiger charge is 2.35. The van der Waals surface area contributed by atoms with Gasteiger partial charge in [0.15, 0.2) is 5.76 Å². The zero-order chi connectivity index (χ0) is 18.7. The summed E-state index contributed by atoms with van der Waals surface area (Å²) in [5, 5.41) is 9.39. The van der Waals surface area contributed by atoms with Crippen molar-refractivity contribution in [2.45, 2.75) is 44.2 Å². The highest BCUT2D eigenvalue weighted by molar-refractivity contribution is 7.89. The van der Waals surface area contributed by atoms with Crippen LogP contribution in [0.15, 0.2) is 33.9 Å². The lowest BCUT2D eigenvalue weighted by molar-refractivity contribution is -0.126. The van der Waals surface area contributed by atoms with E-state index in [-0.39, 0.29) is 29.5 Å². The molecule has 2 N–H and O–H groups in total. The van der Waals surface area contributed by atoms with Crippen LogP contribution in [0.25, 0.3) is 11.5 Å². The first-order valence-corrected chi connectivity index (χ1v) is 10.3. The summed E-state index contributed by atoms with van der Waals surface area (Å²) in [5.74, 6) is -0.0180. The van der Waals surface area contributed by atoms with Crippen LogP contribution >= 0.6 is 0 Å². The fraction of sp³-hybridized carbons (Fsp3) is 0.529. The number of hydrogen-bond donors (Lipinski definition) is 2. The molecule has 1 fully saturated rings. The number of rotatable bonds is 6. The highest BCUT2D eigenvalue weighted by atomic mass is 32.2. The van der Waals surface area contributed by atoms with E-state index in [9.17, 15) is 13.2 Å². The molecule has 9 heteroatoms. The fourth-order valence-corrected chi connectivity index (χ4v) is 4.40. The minimum absolute atomic E-state index is 0.0801. The van der Waals surface area contributed by atoms with Crippen LogP contribution < -0.4 is 5.32 Å². The lowest BCUT2D eigenvalue weighted by atomic mass is 9.98. The summed E-state index contributed by atoms with van der Waals surface area (Å²) in [6, 6.07) is 4.81. The van der Waals surface area contributed by atoms with Crippen LogP contribution in [0.5, 0.6) is 0 Å². The third-order valence-electron chi connectivity index (χ3n) is 4.70. The van der Waals surface area contributed by atoms with Crippen LogP contribution in [0.3, 0.4) is 0 Å². The molecule has 142 valence electrons. The van der Waals surface area contributed by atoms with Crippen molar-refractivity contribution in [2.24, 2.45) is 5.92 Å². The van der Waals surface area contributed by atoms with Crippen molar-refractivity contribution < 1.29 is 17.6 Å². The molecule has 1 amide bonds. The average molecular weight is 380 g/mol. The molecule has 0 saturated carbocycles. The molecule has 3 heterocycles. The van der Waals surface area contributed by atoms with Gasteiger partial charge < -0.3 is 9.73 Å². The number of H-pyrrole nitrogens is 1. The third-order valence-corrected chi connectivity index (χ3v) is 6.44. The zero-order valence-corrected chi connectivity index (χ0v) is 15.8. The van der Waals surface area contributed by atoms with E-state index in [4.69, 9.17) is 4.42 Å². The molecule has 0 bridgehead atoms. The van der Waals surface area contributed by atoms with E-state index >= 15 is 0 Å². The number of piperidine rings is 1. The molecule has 0 radical (unpaired) electrons. The summed E-state index contributed by atoms with van der Waals surface area (Å²) in [6.07, 6.45) is 3.73. The van der Waals surface area contributed by atoms with Gasteiger partial charge in [-0.25, -0.2) is 8.42 Å². The van der Waals surface area contributed by atoms with Gasteiger partial charge in [-0.15, -0.1) is 0 Å². The van der Waals surface area contributed by atoms with Gasteiger partial charge in [0.05, 0.1) is 5.92 Å². The van der Waals surface area contributed by atoms with Crippen LogP contribution in [0.2, 0.25) is 0 Å². The molecule has 1 aliphatic rings. The van der Waals surface area contributed by atoms with E-state index < -0.39 is 10.0 Å². The Morgan fingerprint density at radius 3 is 2.96 bits per heavy atom. The number of hydrogen-bond acceptors (Lipinski definition) is 5. The quantitative estimate of drug-likeness (QED) is 0.797. The summed E-state index contributed by atoms with van der Waals surface area (Å²) in [6.45, 7) is 4.49. The number of sulfonamides is 1. The number of carbonyl (C=O) groups excluding carboxylic acids is 1. The van der Waals surface area contributed by atoms with E-state index in [2.05, 4.69) is 15.5 Å². The number of furan rings is 1. The van der Waals surface area contributed by atoms with Gasteiger partial charge in [-0.3, -0.25) is 9.89 Å². The van der Waals surface area contributed by atoms with E-state index in [1.54, 1.807) is 18.3 Å². The van der Waals surface area contributed by atoms with Crippen molar-refractivity contribution in [3.63, 3.8) is 0 Å². The fourth-order valence-electron chi connectivity index (χ4n) is 2.96. The molecule has 0 spiro atoms. The first kappa shape index (κ1) is 18.7. The Labute approximate surface area is 153 Å². The molecule has 2 aromatic rings. The zero-order valence-electron chi connectivity index (χ0n) is 14.9. The summed E-state index contributed by atoms with van der Waals surface area (Å²) in [5.41, 5.74) is 0.607. The van der Waals surface area contributed by atoms with Gasteiger partial charge in [0.25, 0.3) is 10.0 Å². The summed E-state index contributed by atoms with van der Waals surface area (Å²) >= 11 is 0. The maximum absolute atomic E-state index is 12.9. The number of nitrogens with zero attached hydrogens (tertiary/aromatic N) is 2. The van der Waals surface area contributed by atoms with E-state index in [0.29, 0.717) is 30.8 Å². The largest absolute Gasteiger partial charge is 0.442 e. The Balaban J connectivity index is 1.74. The van der Waals surface area contributed by atoms with Crippen molar-refractivity contribution in [2.75, 3.05) is 13.1 Å². The van der Waals surface area contributed by atoms with Gasteiger partial charge in [-0.1, -0.05) is 6.92 Å². The molecule has 3 rings (SSSR count). The molecule has 0 unspecified atom stereocenters. The maximum Gasteiger partial charge on any atom is 0.276 e. The molecular weight excluding hydrogens is 356 g/mol. The van der Waals surface area contributed by atoms with Crippen molar-refractivity contribution in [1.29, 1.82) is 0 Å². The van der Waals surface area contributed by atoms with E-state index in [0.717, 1.165) is 6.42 Å². The molecule has 2 aromatic heterocycles. The van der Waals surface area contributed by atoms with Gasteiger partial charge >= 0.3 is 0 Å². The van der Waals surface area contributed by atoms with Gasteiger partial charge in [-0.2, -0.15) is 9.40 Å². The van der Waals surface area contributed by atoms with Gasteiger partial charge in [-0.05, 0) is 44.4 Å². The summed E-state index contributed by atoms with van der Waals surface area (Å²) in [7, 11) is -3.78. The molecule has 1 saturated heterocycles. The van der Waals surface area contributed by atoms with Crippen molar-refractivity contribution in [3.8, 4) is 11.5 Å². The minimum Gasteiger partial charge on any atom is -0.442 e. The smallest absolute Gasteiger partial charge is 0.276 e. The topological polar surface area (TPSA) is 108 Å². The Kier molecular flexibility index (Phi) is 5.47. The first-order valence-electron chi connectivity index (χ1n) is 8.82. The lowest BCUT2D eigenvalue weighted by Gasteiger charge is -2.31. The summed E-state index contributed by atoms with van der Waals surface area (Å²) < 4.78 is 32.6. The molecule has 0 aromatic carbocycles. The van der Waals surface area contributed by atoms with Crippen molar-refractivity contribution in [3.05, 3.63) is 24.4 Å². The van der Waals surface area contributed by atoms with Crippen LogP contribution in [0, 0.1) is 5.92 Å². The lowest BCUT2D eigenvalue weighted by Crippen LogP contribution is -2.46. The Hall–Kier alpha value is -2.13. The second-order valence-corrected chi connectivity index (χ2v) is 8.48. The molecule has 8 nitrogen and oxygen atoms in total. The monoisotopic (exact) mass is 380 g/mol. The van der Waals surface area contributed by atoms with Crippen LogP contribution in [-0.2, 0) is 14.8 Å². The van der Waals surface area contributed by atoms with Crippen LogP contribution in [-0.4, -0.2) is 48.0 Å². The number of amides is 1. The highest BCUT2D eigenvalue weighted by Crippen LogP contribution is 2.28. The third kappa shape index (κ3) is 3.83. The Morgan fingerprint density at radius 1 is 1.46 bits per heavy atom. The Bertz CT molecular complexity index is 844. The molecular formula is C17H24N4O4S. The predicted molar refractivity (Wildman–Crippen MR) is 95.7 cm³/mol. The minimum atomic E-state index is -3.78. The Morgan fingerprint density at radius 2 is 2.27 bits per heavy atom. The van der Waals surface area contributed by atoms with Gasteiger partial charge in [0.2, 0.25) is 11.0 Å². The molecule has 0 aliphatic carbocycles. The van der Waals surface area contributed by atoms with Crippen LogP contribution in [0.1, 0.15) is 33.1 Å². The molecule has 2 atom stereocenters. The molecule has 26 heavy (non-hydrogen) atoms. The number of aromatic amines is 1. The second-order valence-electron chi connectivity index (χ2n) is 6.61.